The van der Waals surface area contributed by atoms with Crippen LogP contribution < -0.4 is 0 Å². The molecule has 6 nitrogen and oxygen atoms in total. The summed E-state index contributed by atoms with van der Waals surface area (Å²) in [4.78, 5) is 39.3. The number of aliphatic hydroxyl groups is 2. The third-order valence-electron chi connectivity index (χ3n) is 10.3. The van der Waals surface area contributed by atoms with Crippen LogP contribution in [-0.2, 0) is 20.9 Å². The van der Waals surface area contributed by atoms with Crippen LogP contribution in [0.5, 0.6) is 0 Å². The van der Waals surface area contributed by atoms with E-state index in [0.717, 1.165) is 6.08 Å². The van der Waals surface area contributed by atoms with Gasteiger partial charge in [0.2, 0.25) is 5.12 Å². The predicted octanol–water partition coefficient (Wildman–Crippen LogP) is 4.83. The van der Waals surface area contributed by atoms with Crippen LogP contribution >= 0.6 is 11.8 Å². The van der Waals surface area contributed by atoms with Gasteiger partial charge >= 0.3 is 5.97 Å². The molecule has 0 spiro atoms. The van der Waals surface area contributed by atoms with Gasteiger partial charge in [-0.15, -0.1) is 0 Å². The summed E-state index contributed by atoms with van der Waals surface area (Å²) >= 11 is 0.348. The number of halogens is 3. The van der Waals surface area contributed by atoms with Crippen LogP contribution in [-0.4, -0.2) is 56.6 Å². The van der Waals surface area contributed by atoms with Crippen molar-refractivity contribution >= 4 is 28.6 Å². The van der Waals surface area contributed by atoms with Gasteiger partial charge in [0.15, 0.2) is 17.1 Å². The fourth-order valence-corrected chi connectivity index (χ4v) is 9.17. The van der Waals surface area contributed by atoms with Gasteiger partial charge in [0.05, 0.1) is 18.3 Å². The number of allylic oxidation sites excluding steroid dienone is 4. The number of ketones is 1. The number of carbonyl (C=O) groups excluding carboxylic acids is 3. The normalized spacial score (nSPS) is 42.0. The summed E-state index contributed by atoms with van der Waals surface area (Å²) in [7, 11) is 0. The fourth-order valence-electron chi connectivity index (χ4n) is 8.38. The van der Waals surface area contributed by atoms with Gasteiger partial charge < -0.3 is 14.9 Å². The standard InChI is InChI=1S/C30H33F3O6S/c1-16-9-20-21-12-23(32)22-11-19(35)7-8-27(22,2)29(21,33)24(36)13-28(20,3)30(16,26(38)40-15-31)39-25(37)18-6-4-5-17(10-18)14-34/h4-8,10-11,16,20-21,23-24,34,36H,9,12-15H2,1-3H3. The third kappa shape index (κ3) is 3.74. The van der Waals surface area contributed by atoms with Crippen molar-refractivity contribution in [3.05, 3.63) is 59.2 Å². The second-order valence-corrected chi connectivity index (χ2v) is 12.9. The van der Waals surface area contributed by atoms with Crippen molar-refractivity contribution in [2.45, 2.75) is 70.2 Å². The molecule has 0 saturated heterocycles. The van der Waals surface area contributed by atoms with E-state index in [-0.39, 0.29) is 37.0 Å². The van der Waals surface area contributed by atoms with Gasteiger partial charge in [0.25, 0.3) is 0 Å². The van der Waals surface area contributed by atoms with E-state index in [9.17, 15) is 29.0 Å². The molecule has 4 aliphatic rings. The topological polar surface area (TPSA) is 101 Å². The van der Waals surface area contributed by atoms with Gasteiger partial charge in [-0.25, -0.2) is 18.0 Å². The summed E-state index contributed by atoms with van der Waals surface area (Å²) in [5.74, 6) is -3.83. The van der Waals surface area contributed by atoms with E-state index in [0.29, 0.717) is 17.3 Å². The molecule has 5 rings (SSSR count). The Balaban J connectivity index is 1.62. The summed E-state index contributed by atoms with van der Waals surface area (Å²) < 4.78 is 52.9. The van der Waals surface area contributed by atoms with Crippen LogP contribution in [0.1, 0.15) is 56.0 Å². The molecule has 216 valence electrons. The van der Waals surface area contributed by atoms with E-state index in [1.54, 1.807) is 26.0 Å². The molecule has 10 heteroatoms. The van der Waals surface area contributed by atoms with E-state index in [4.69, 9.17) is 4.74 Å². The maximum atomic E-state index is 17.5. The van der Waals surface area contributed by atoms with Crippen LogP contribution in [0.15, 0.2) is 48.1 Å². The lowest BCUT2D eigenvalue weighted by molar-refractivity contribution is -0.221. The first-order valence-electron chi connectivity index (χ1n) is 13.4. The van der Waals surface area contributed by atoms with E-state index in [1.165, 1.54) is 31.2 Å². The molecule has 1 aromatic carbocycles. The number of hydrogen-bond donors (Lipinski definition) is 2. The molecule has 0 bridgehead atoms. The number of benzene rings is 1. The number of hydrogen-bond acceptors (Lipinski definition) is 7. The minimum absolute atomic E-state index is 0.0158. The van der Waals surface area contributed by atoms with Crippen LogP contribution in [0.25, 0.3) is 0 Å². The number of esters is 1. The van der Waals surface area contributed by atoms with Crippen LogP contribution in [0.4, 0.5) is 13.2 Å². The number of ether oxygens (including phenoxy) is 1. The largest absolute Gasteiger partial charge is 0.446 e. The Kier molecular flexibility index (Phi) is 7.15. The monoisotopic (exact) mass is 578 g/mol. The SMILES string of the molecule is CC1CC2C3CC(F)C4=CC(=O)C=CC4(C)C3(F)C(O)CC2(C)C1(OC(=O)c1cccc(CO)c1)C(=O)SCF. The molecule has 3 saturated carbocycles. The summed E-state index contributed by atoms with van der Waals surface area (Å²) in [6, 6.07) is 4.96. The second kappa shape index (κ2) is 9.84. The average molecular weight is 579 g/mol. The molecular weight excluding hydrogens is 545 g/mol. The van der Waals surface area contributed by atoms with Crippen molar-refractivity contribution in [3.63, 3.8) is 0 Å². The fraction of sp³-hybridized carbons (Fsp3) is 0.567. The molecule has 9 atom stereocenters. The molecule has 0 heterocycles. The first kappa shape index (κ1) is 29.1. The summed E-state index contributed by atoms with van der Waals surface area (Å²) in [6.45, 7) is 4.46. The first-order chi connectivity index (χ1) is 18.8. The number of carbonyl (C=O) groups is 3. The molecule has 0 amide bonds. The van der Waals surface area contributed by atoms with Crippen molar-refractivity contribution in [1.29, 1.82) is 0 Å². The molecule has 2 N–H and O–H groups in total. The summed E-state index contributed by atoms with van der Waals surface area (Å²) in [5.41, 5.74) is -6.77. The molecule has 0 radical (unpaired) electrons. The Bertz CT molecular complexity index is 1320. The number of aliphatic hydroxyl groups excluding tert-OH is 2. The lowest BCUT2D eigenvalue weighted by Crippen LogP contribution is -2.70. The maximum Gasteiger partial charge on any atom is 0.339 e. The minimum Gasteiger partial charge on any atom is -0.446 e. The maximum absolute atomic E-state index is 17.5. The first-order valence-corrected chi connectivity index (χ1v) is 14.4. The molecule has 0 aliphatic heterocycles. The van der Waals surface area contributed by atoms with Gasteiger partial charge in [-0.3, -0.25) is 9.59 Å². The zero-order chi connectivity index (χ0) is 29.3. The van der Waals surface area contributed by atoms with Crippen molar-refractivity contribution in [2.24, 2.45) is 28.6 Å². The Morgan fingerprint density at radius 3 is 2.60 bits per heavy atom. The highest BCUT2D eigenvalue weighted by Gasteiger charge is 2.78. The summed E-state index contributed by atoms with van der Waals surface area (Å²) in [6.07, 6.45) is -0.199. The van der Waals surface area contributed by atoms with Gasteiger partial charge in [0, 0.05) is 22.7 Å². The minimum atomic E-state index is -2.37. The highest BCUT2D eigenvalue weighted by atomic mass is 32.2. The Morgan fingerprint density at radius 1 is 1.20 bits per heavy atom. The number of thioether (sulfide) groups is 1. The molecule has 1 aromatic rings. The van der Waals surface area contributed by atoms with E-state index < -0.39 is 75.0 Å². The number of alkyl halides is 3. The Labute approximate surface area is 235 Å². The third-order valence-corrected chi connectivity index (χ3v) is 10.9. The number of fused-ring (bicyclic) bond motifs is 5. The molecule has 40 heavy (non-hydrogen) atoms. The molecule has 9 unspecified atom stereocenters. The van der Waals surface area contributed by atoms with Crippen molar-refractivity contribution in [1.82, 2.24) is 0 Å². The molecule has 0 aromatic heterocycles. The zero-order valence-electron chi connectivity index (χ0n) is 22.5. The zero-order valence-corrected chi connectivity index (χ0v) is 23.3. The quantitative estimate of drug-likeness (QED) is 0.483. The van der Waals surface area contributed by atoms with E-state index >= 15 is 8.78 Å². The lowest BCUT2D eigenvalue weighted by atomic mass is 9.44. The number of rotatable bonds is 5. The van der Waals surface area contributed by atoms with Crippen molar-refractivity contribution < 1.29 is 42.5 Å². The average Bonchev–Trinajstić information content (AvgIpc) is 3.13. The molecular formula is C30H33F3O6S. The van der Waals surface area contributed by atoms with Crippen LogP contribution in [0, 0.1) is 28.6 Å². The van der Waals surface area contributed by atoms with Crippen molar-refractivity contribution in [2.75, 3.05) is 6.01 Å². The van der Waals surface area contributed by atoms with Crippen molar-refractivity contribution in [3.8, 4) is 0 Å². The van der Waals surface area contributed by atoms with Crippen LogP contribution in [0.3, 0.4) is 0 Å². The highest BCUT2D eigenvalue weighted by molar-refractivity contribution is 8.13. The van der Waals surface area contributed by atoms with Gasteiger partial charge in [-0.2, -0.15) is 0 Å². The lowest BCUT2D eigenvalue weighted by Gasteiger charge is -2.63. The second-order valence-electron chi connectivity index (χ2n) is 12.0. The van der Waals surface area contributed by atoms with E-state index in [1.807, 2.05) is 0 Å². The highest BCUT2D eigenvalue weighted by Crippen LogP contribution is 2.72. The Morgan fingerprint density at radius 2 is 1.93 bits per heavy atom. The van der Waals surface area contributed by atoms with Gasteiger partial charge in [-0.05, 0) is 79.3 Å². The Hall–Kier alpha value is -2.43. The molecule has 3 fully saturated rings. The predicted molar refractivity (Wildman–Crippen MR) is 142 cm³/mol. The summed E-state index contributed by atoms with van der Waals surface area (Å²) in [5, 5.41) is 20.3. The molecule has 4 aliphatic carbocycles. The van der Waals surface area contributed by atoms with Crippen LogP contribution in [0.2, 0.25) is 0 Å². The van der Waals surface area contributed by atoms with Gasteiger partial charge in [0.1, 0.15) is 12.2 Å². The van der Waals surface area contributed by atoms with Gasteiger partial charge in [-0.1, -0.05) is 32.1 Å². The van der Waals surface area contributed by atoms with E-state index in [2.05, 4.69) is 0 Å². The smallest absolute Gasteiger partial charge is 0.339 e.